The molecule has 2 aromatic rings. The van der Waals surface area contributed by atoms with Crippen molar-refractivity contribution in [3.05, 3.63) is 23.9 Å². The lowest BCUT2D eigenvalue weighted by molar-refractivity contribution is 0.0825. The Morgan fingerprint density at radius 1 is 1.46 bits per heavy atom. The molecule has 8 heteroatoms. The SMILES string of the molecule is COCCN(Cl)C(=O)c1ccc2nn(CC3CNC3)cc2c1OC. The van der Waals surface area contributed by atoms with Crippen LogP contribution in [0.15, 0.2) is 18.3 Å². The van der Waals surface area contributed by atoms with Gasteiger partial charge in [0.15, 0.2) is 0 Å². The first-order chi connectivity index (χ1) is 11.6. The fourth-order valence-corrected chi connectivity index (χ4v) is 2.91. The van der Waals surface area contributed by atoms with Crippen molar-refractivity contribution < 1.29 is 14.3 Å². The molecule has 1 aliphatic rings. The number of carbonyl (C=O) groups is 1. The molecule has 0 spiro atoms. The number of halogens is 1. The highest BCUT2D eigenvalue weighted by Crippen LogP contribution is 2.30. The van der Waals surface area contributed by atoms with E-state index < -0.39 is 0 Å². The average molecular weight is 353 g/mol. The molecule has 7 nitrogen and oxygen atoms in total. The van der Waals surface area contributed by atoms with Crippen LogP contribution in [0.3, 0.4) is 0 Å². The average Bonchev–Trinajstić information content (AvgIpc) is 2.97. The van der Waals surface area contributed by atoms with Crippen LogP contribution in [0, 0.1) is 5.92 Å². The molecule has 0 unspecified atom stereocenters. The van der Waals surface area contributed by atoms with E-state index in [1.807, 2.05) is 16.9 Å². The zero-order valence-corrected chi connectivity index (χ0v) is 14.5. The topological polar surface area (TPSA) is 68.6 Å². The molecule has 1 aliphatic heterocycles. The van der Waals surface area contributed by atoms with Gasteiger partial charge in [-0.15, -0.1) is 0 Å². The first-order valence-corrected chi connectivity index (χ1v) is 8.19. The van der Waals surface area contributed by atoms with Crippen LogP contribution >= 0.6 is 11.8 Å². The number of aromatic nitrogens is 2. The third-order valence-corrected chi connectivity index (χ3v) is 4.47. The van der Waals surface area contributed by atoms with Crippen molar-refractivity contribution in [2.75, 3.05) is 40.5 Å². The quantitative estimate of drug-likeness (QED) is 0.765. The molecule has 1 saturated heterocycles. The number of benzene rings is 1. The van der Waals surface area contributed by atoms with E-state index in [0.717, 1.165) is 35.0 Å². The summed E-state index contributed by atoms with van der Waals surface area (Å²) in [5, 5.41) is 8.63. The van der Waals surface area contributed by atoms with Crippen molar-refractivity contribution in [1.29, 1.82) is 0 Å². The predicted molar refractivity (Wildman–Crippen MR) is 91.4 cm³/mol. The van der Waals surface area contributed by atoms with Gasteiger partial charge in [0.25, 0.3) is 5.91 Å². The minimum absolute atomic E-state index is 0.298. The Balaban J connectivity index is 1.89. The fourth-order valence-electron chi connectivity index (χ4n) is 2.75. The first-order valence-electron chi connectivity index (χ1n) is 7.85. The molecule has 0 saturated carbocycles. The van der Waals surface area contributed by atoms with Crippen LogP contribution in [0.25, 0.3) is 10.9 Å². The summed E-state index contributed by atoms with van der Waals surface area (Å²) in [4.78, 5) is 12.5. The molecule has 1 aromatic carbocycles. The number of hydrogen-bond acceptors (Lipinski definition) is 5. The number of carbonyl (C=O) groups excluding carboxylic acids is 1. The summed E-state index contributed by atoms with van der Waals surface area (Å²) in [6.45, 7) is 3.54. The van der Waals surface area contributed by atoms with Crippen LogP contribution in [-0.2, 0) is 11.3 Å². The number of nitrogens with one attached hydrogen (secondary N) is 1. The maximum absolute atomic E-state index is 12.5. The van der Waals surface area contributed by atoms with Gasteiger partial charge in [0.2, 0.25) is 0 Å². The van der Waals surface area contributed by atoms with E-state index >= 15 is 0 Å². The standard InChI is InChI=1S/C16H21ClN4O3/c1-23-6-5-21(17)16(22)12-3-4-14-13(15(12)24-2)10-20(19-14)9-11-7-18-8-11/h3-4,10-11,18H,5-9H2,1-2H3. The van der Waals surface area contributed by atoms with Gasteiger partial charge in [-0.05, 0) is 12.1 Å². The van der Waals surface area contributed by atoms with Gasteiger partial charge < -0.3 is 14.8 Å². The van der Waals surface area contributed by atoms with Crippen LogP contribution in [0.2, 0.25) is 0 Å². The van der Waals surface area contributed by atoms with Crippen molar-refractivity contribution in [3.63, 3.8) is 0 Å². The number of ether oxygens (including phenoxy) is 2. The van der Waals surface area contributed by atoms with E-state index in [1.54, 1.807) is 20.3 Å². The molecule has 3 rings (SSSR count). The Morgan fingerprint density at radius 3 is 2.88 bits per heavy atom. The summed E-state index contributed by atoms with van der Waals surface area (Å²) in [7, 11) is 3.11. The normalized spacial score (nSPS) is 14.6. The molecular formula is C16H21ClN4O3. The Kier molecular flexibility index (Phi) is 5.23. The Bertz CT molecular complexity index is 729. The zero-order valence-electron chi connectivity index (χ0n) is 13.8. The van der Waals surface area contributed by atoms with Crippen LogP contribution in [0.5, 0.6) is 5.75 Å². The summed E-state index contributed by atoms with van der Waals surface area (Å²) >= 11 is 6.05. The van der Waals surface area contributed by atoms with Gasteiger partial charge in [-0.3, -0.25) is 9.48 Å². The lowest BCUT2D eigenvalue weighted by Gasteiger charge is -2.26. The number of hydrogen-bond donors (Lipinski definition) is 1. The second kappa shape index (κ2) is 7.38. The summed E-state index contributed by atoms with van der Waals surface area (Å²) < 4.78 is 13.5. The maximum Gasteiger partial charge on any atom is 0.272 e. The van der Waals surface area contributed by atoms with Crippen LogP contribution in [0.4, 0.5) is 0 Å². The number of amides is 1. The molecule has 24 heavy (non-hydrogen) atoms. The van der Waals surface area contributed by atoms with Crippen molar-refractivity contribution in [1.82, 2.24) is 19.5 Å². The molecule has 130 valence electrons. The van der Waals surface area contributed by atoms with Crippen LogP contribution in [0.1, 0.15) is 10.4 Å². The highest BCUT2D eigenvalue weighted by atomic mass is 35.5. The molecular weight excluding hydrogens is 332 g/mol. The summed E-state index contributed by atoms with van der Waals surface area (Å²) in [5.41, 5.74) is 1.22. The van der Waals surface area contributed by atoms with Crippen molar-refractivity contribution in [2.24, 2.45) is 5.92 Å². The highest BCUT2D eigenvalue weighted by Gasteiger charge is 2.22. The molecule has 0 radical (unpaired) electrons. The molecule has 1 aromatic heterocycles. The fraction of sp³-hybridized carbons (Fsp3) is 0.500. The van der Waals surface area contributed by atoms with Gasteiger partial charge >= 0.3 is 0 Å². The van der Waals surface area contributed by atoms with Gasteiger partial charge in [0.1, 0.15) is 5.75 Å². The Morgan fingerprint density at radius 2 is 2.25 bits per heavy atom. The van der Waals surface area contributed by atoms with Gasteiger partial charge in [-0.25, -0.2) is 4.42 Å². The Hall–Kier alpha value is -1.83. The van der Waals surface area contributed by atoms with E-state index in [9.17, 15) is 4.79 Å². The number of rotatable bonds is 7. The van der Waals surface area contributed by atoms with E-state index in [1.165, 1.54) is 0 Å². The van der Waals surface area contributed by atoms with Crippen molar-refractivity contribution in [2.45, 2.75) is 6.54 Å². The first kappa shape index (κ1) is 17.0. The van der Waals surface area contributed by atoms with Crippen LogP contribution in [-0.4, -0.2) is 60.6 Å². The van der Waals surface area contributed by atoms with Crippen molar-refractivity contribution in [3.8, 4) is 5.75 Å². The van der Waals surface area contributed by atoms with E-state index in [2.05, 4.69) is 10.4 Å². The summed E-state index contributed by atoms with van der Waals surface area (Å²) in [6, 6.07) is 3.52. The number of methoxy groups -OCH3 is 2. The van der Waals surface area contributed by atoms with E-state index in [0.29, 0.717) is 30.4 Å². The van der Waals surface area contributed by atoms with Gasteiger partial charge in [-0.1, -0.05) is 0 Å². The monoisotopic (exact) mass is 352 g/mol. The van der Waals surface area contributed by atoms with E-state index in [4.69, 9.17) is 21.3 Å². The molecule has 0 atom stereocenters. The maximum atomic E-state index is 12.5. The van der Waals surface area contributed by atoms with Crippen LogP contribution < -0.4 is 10.1 Å². The molecule has 1 amide bonds. The second-order valence-corrected chi connectivity index (χ2v) is 6.25. The Labute approximate surface area is 145 Å². The lowest BCUT2D eigenvalue weighted by Crippen LogP contribution is -2.44. The third-order valence-electron chi connectivity index (χ3n) is 4.15. The zero-order chi connectivity index (χ0) is 17.1. The highest BCUT2D eigenvalue weighted by molar-refractivity contribution is 6.25. The molecule has 0 aliphatic carbocycles. The third kappa shape index (κ3) is 3.33. The largest absolute Gasteiger partial charge is 0.495 e. The smallest absolute Gasteiger partial charge is 0.272 e. The van der Waals surface area contributed by atoms with Gasteiger partial charge in [-0.2, -0.15) is 5.10 Å². The minimum atomic E-state index is -0.316. The lowest BCUT2D eigenvalue weighted by atomic mass is 10.0. The minimum Gasteiger partial charge on any atom is -0.495 e. The van der Waals surface area contributed by atoms with E-state index in [-0.39, 0.29) is 5.91 Å². The van der Waals surface area contributed by atoms with Gasteiger partial charge in [0.05, 0.1) is 36.7 Å². The number of fused-ring (bicyclic) bond motifs is 1. The predicted octanol–water partition coefficient (Wildman–Crippen LogP) is 1.51. The van der Waals surface area contributed by atoms with Crippen molar-refractivity contribution >= 4 is 28.6 Å². The molecule has 2 heterocycles. The van der Waals surface area contributed by atoms with Gasteiger partial charge in [0, 0.05) is 50.6 Å². The second-order valence-electron chi connectivity index (χ2n) is 5.84. The molecule has 0 bridgehead atoms. The molecule has 1 N–H and O–H groups in total. The number of nitrogens with zero attached hydrogens (tertiary/aromatic N) is 3. The summed E-state index contributed by atoms with van der Waals surface area (Å²) in [6.07, 6.45) is 1.93. The summed E-state index contributed by atoms with van der Waals surface area (Å²) in [5.74, 6) is 0.778. The molecule has 1 fully saturated rings.